The third-order valence-electron chi connectivity index (χ3n) is 2.27. The van der Waals surface area contributed by atoms with E-state index in [-0.39, 0.29) is 6.61 Å². The van der Waals surface area contributed by atoms with Gasteiger partial charge in [0.2, 0.25) is 0 Å². The lowest BCUT2D eigenvalue weighted by molar-refractivity contribution is -0.152. The van der Waals surface area contributed by atoms with E-state index in [1.54, 1.807) is 31.4 Å². The highest BCUT2D eigenvalue weighted by atomic mass is 16.6. The van der Waals surface area contributed by atoms with Gasteiger partial charge in [-0.25, -0.2) is 4.79 Å². The highest BCUT2D eigenvalue weighted by molar-refractivity contribution is 5.74. The topological polar surface area (TPSA) is 65.0 Å². The van der Waals surface area contributed by atoms with Gasteiger partial charge in [0.05, 0.1) is 26.4 Å². The Morgan fingerprint density at radius 3 is 2.44 bits per heavy atom. The molecular formula is C13H18O5. The summed E-state index contributed by atoms with van der Waals surface area (Å²) in [6.45, 7) is 1.57. The standard InChI is InChI=1S/C13H18O5/c1-16-7-8-17-9-10-18-12(13(14)15)11-5-3-2-4-6-11/h2-6,12H,7-10H2,1H3,(H,14,15). The number of hydrogen-bond donors (Lipinski definition) is 1. The van der Waals surface area contributed by atoms with E-state index in [9.17, 15) is 4.79 Å². The smallest absolute Gasteiger partial charge is 0.337 e. The first-order valence-corrected chi connectivity index (χ1v) is 5.71. The Morgan fingerprint density at radius 2 is 1.83 bits per heavy atom. The summed E-state index contributed by atoms with van der Waals surface area (Å²) in [5.41, 5.74) is 0.627. The maximum absolute atomic E-state index is 11.1. The number of carbonyl (C=O) groups is 1. The molecule has 0 radical (unpaired) electrons. The van der Waals surface area contributed by atoms with Crippen LogP contribution in [0.4, 0.5) is 0 Å². The zero-order chi connectivity index (χ0) is 13.2. The third-order valence-corrected chi connectivity index (χ3v) is 2.27. The average molecular weight is 254 g/mol. The van der Waals surface area contributed by atoms with Crippen LogP contribution in [0.2, 0.25) is 0 Å². The minimum absolute atomic E-state index is 0.232. The van der Waals surface area contributed by atoms with Crippen molar-refractivity contribution in [1.82, 2.24) is 0 Å². The molecule has 5 nitrogen and oxygen atoms in total. The minimum atomic E-state index is -1.00. The summed E-state index contributed by atoms with van der Waals surface area (Å²) >= 11 is 0. The first-order valence-electron chi connectivity index (χ1n) is 5.71. The van der Waals surface area contributed by atoms with Crippen molar-refractivity contribution in [1.29, 1.82) is 0 Å². The van der Waals surface area contributed by atoms with Gasteiger partial charge in [-0.05, 0) is 5.56 Å². The Hall–Kier alpha value is -1.43. The number of aliphatic carboxylic acids is 1. The van der Waals surface area contributed by atoms with Gasteiger partial charge in [-0.3, -0.25) is 0 Å². The maximum Gasteiger partial charge on any atom is 0.337 e. The van der Waals surface area contributed by atoms with E-state index < -0.39 is 12.1 Å². The number of rotatable bonds is 9. The quantitative estimate of drug-likeness (QED) is 0.676. The van der Waals surface area contributed by atoms with Crippen LogP contribution in [-0.4, -0.2) is 44.6 Å². The average Bonchev–Trinajstić information content (AvgIpc) is 2.38. The van der Waals surface area contributed by atoms with Crippen LogP contribution < -0.4 is 0 Å². The second-order valence-electron chi connectivity index (χ2n) is 3.60. The van der Waals surface area contributed by atoms with Gasteiger partial charge in [0.15, 0.2) is 6.10 Å². The summed E-state index contributed by atoms with van der Waals surface area (Å²) in [4.78, 5) is 11.1. The molecule has 0 heterocycles. The molecule has 5 heteroatoms. The number of carboxylic acid groups (broad SMARTS) is 1. The second kappa shape index (κ2) is 8.63. The van der Waals surface area contributed by atoms with Gasteiger partial charge in [0, 0.05) is 7.11 Å². The highest BCUT2D eigenvalue weighted by Crippen LogP contribution is 2.16. The zero-order valence-corrected chi connectivity index (χ0v) is 10.4. The molecule has 1 aromatic carbocycles. The van der Waals surface area contributed by atoms with Crippen molar-refractivity contribution >= 4 is 5.97 Å². The fourth-order valence-corrected chi connectivity index (χ4v) is 1.41. The molecule has 100 valence electrons. The van der Waals surface area contributed by atoms with E-state index in [1.807, 2.05) is 6.07 Å². The number of benzene rings is 1. The highest BCUT2D eigenvalue weighted by Gasteiger charge is 2.19. The first-order chi connectivity index (χ1) is 8.75. The number of carboxylic acids is 1. The van der Waals surface area contributed by atoms with Crippen molar-refractivity contribution in [2.45, 2.75) is 6.10 Å². The van der Waals surface area contributed by atoms with E-state index in [0.717, 1.165) is 0 Å². The molecule has 0 aliphatic rings. The van der Waals surface area contributed by atoms with Gasteiger partial charge < -0.3 is 19.3 Å². The van der Waals surface area contributed by atoms with Crippen molar-refractivity contribution in [3.63, 3.8) is 0 Å². The second-order valence-corrected chi connectivity index (χ2v) is 3.60. The SMILES string of the molecule is COCCOCCOC(C(=O)O)c1ccccc1. The minimum Gasteiger partial charge on any atom is -0.479 e. The molecule has 0 saturated carbocycles. The molecule has 1 rings (SSSR count). The zero-order valence-electron chi connectivity index (χ0n) is 10.4. The maximum atomic E-state index is 11.1. The summed E-state index contributed by atoms with van der Waals surface area (Å²) in [5.74, 6) is -1.00. The molecule has 1 atom stereocenters. The predicted molar refractivity (Wildman–Crippen MR) is 65.5 cm³/mol. The Morgan fingerprint density at radius 1 is 1.17 bits per heavy atom. The van der Waals surface area contributed by atoms with Crippen LogP contribution in [-0.2, 0) is 19.0 Å². The molecule has 1 unspecified atom stereocenters. The molecule has 0 aliphatic heterocycles. The Kier molecular flexibility index (Phi) is 7.01. The summed E-state index contributed by atoms with van der Waals surface area (Å²) < 4.78 is 15.3. The van der Waals surface area contributed by atoms with Crippen molar-refractivity contribution in [2.75, 3.05) is 33.5 Å². The summed E-state index contributed by atoms with van der Waals surface area (Å²) in [5, 5.41) is 9.08. The Balaban J connectivity index is 2.34. The molecule has 0 saturated heterocycles. The van der Waals surface area contributed by atoms with Crippen molar-refractivity contribution in [3.8, 4) is 0 Å². The van der Waals surface area contributed by atoms with Crippen LogP contribution in [0, 0.1) is 0 Å². The van der Waals surface area contributed by atoms with Crippen molar-refractivity contribution < 1.29 is 24.1 Å². The lowest BCUT2D eigenvalue weighted by Crippen LogP contribution is -2.18. The fraction of sp³-hybridized carbons (Fsp3) is 0.462. The lowest BCUT2D eigenvalue weighted by Gasteiger charge is -2.14. The van der Waals surface area contributed by atoms with Crippen molar-refractivity contribution in [3.05, 3.63) is 35.9 Å². The monoisotopic (exact) mass is 254 g/mol. The first kappa shape index (κ1) is 14.6. The Bertz CT molecular complexity index is 338. The van der Waals surface area contributed by atoms with Crippen LogP contribution in [0.15, 0.2) is 30.3 Å². The number of hydrogen-bond acceptors (Lipinski definition) is 4. The molecule has 0 aromatic heterocycles. The van der Waals surface area contributed by atoms with Gasteiger partial charge in [0.1, 0.15) is 0 Å². The van der Waals surface area contributed by atoms with Crippen LogP contribution in [0.25, 0.3) is 0 Å². The van der Waals surface area contributed by atoms with E-state index in [1.165, 1.54) is 0 Å². The lowest BCUT2D eigenvalue weighted by atomic mass is 10.1. The molecule has 0 amide bonds. The van der Waals surface area contributed by atoms with Gasteiger partial charge >= 0.3 is 5.97 Å². The van der Waals surface area contributed by atoms with Gasteiger partial charge in [-0.2, -0.15) is 0 Å². The predicted octanol–water partition coefficient (Wildman–Crippen LogP) is 1.49. The van der Waals surface area contributed by atoms with E-state index >= 15 is 0 Å². The summed E-state index contributed by atoms with van der Waals surface area (Å²) in [7, 11) is 1.59. The van der Waals surface area contributed by atoms with E-state index in [4.69, 9.17) is 19.3 Å². The van der Waals surface area contributed by atoms with E-state index in [0.29, 0.717) is 25.4 Å². The number of methoxy groups -OCH3 is 1. The molecule has 0 spiro atoms. The molecular weight excluding hydrogens is 236 g/mol. The van der Waals surface area contributed by atoms with Gasteiger partial charge in [0.25, 0.3) is 0 Å². The normalized spacial score (nSPS) is 12.3. The molecule has 18 heavy (non-hydrogen) atoms. The van der Waals surface area contributed by atoms with Crippen LogP contribution in [0.5, 0.6) is 0 Å². The number of ether oxygens (including phenoxy) is 3. The summed E-state index contributed by atoms with van der Waals surface area (Å²) in [6, 6.07) is 8.85. The van der Waals surface area contributed by atoms with Crippen LogP contribution in [0.1, 0.15) is 11.7 Å². The molecule has 0 bridgehead atoms. The van der Waals surface area contributed by atoms with Crippen molar-refractivity contribution in [2.24, 2.45) is 0 Å². The largest absolute Gasteiger partial charge is 0.479 e. The molecule has 1 aromatic rings. The van der Waals surface area contributed by atoms with E-state index in [2.05, 4.69) is 0 Å². The summed E-state index contributed by atoms with van der Waals surface area (Å²) in [6.07, 6.45) is -0.947. The molecule has 0 aliphatic carbocycles. The third kappa shape index (κ3) is 5.27. The fourth-order valence-electron chi connectivity index (χ4n) is 1.41. The molecule has 0 fully saturated rings. The van der Waals surface area contributed by atoms with Crippen LogP contribution in [0.3, 0.4) is 0 Å². The Labute approximate surface area is 106 Å². The van der Waals surface area contributed by atoms with Gasteiger partial charge in [-0.15, -0.1) is 0 Å². The molecule has 1 N–H and O–H groups in total. The van der Waals surface area contributed by atoms with Gasteiger partial charge in [-0.1, -0.05) is 30.3 Å². The van der Waals surface area contributed by atoms with Crippen LogP contribution >= 0.6 is 0 Å².